The molecule has 2 fully saturated rings. The van der Waals surface area contributed by atoms with Gasteiger partial charge in [-0.05, 0) is 36.5 Å². The molecule has 2 amide bonds. The van der Waals surface area contributed by atoms with Crippen LogP contribution in [0.2, 0.25) is 0 Å². The number of benzene rings is 2. The van der Waals surface area contributed by atoms with E-state index in [4.69, 9.17) is 4.42 Å². The van der Waals surface area contributed by atoms with Gasteiger partial charge >= 0.3 is 0 Å². The minimum Gasteiger partial charge on any atom is -0.456 e. The molecule has 3 aromatic rings. The fraction of sp³-hybridized carbons (Fsp3) is 0.391. The second kappa shape index (κ2) is 5.60. The van der Waals surface area contributed by atoms with E-state index in [1.54, 1.807) is 0 Å². The standard InChI is InChI=1S/C23H24N2O3/c1-22(2)17-10-11-23(22,3)21(27)25(20(17)26)13-24-14-8-9-16-15-6-4-5-7-18(15)28-19(16)12-14/h4-9,12,17,24H,10-11,13H2,1-3H3/t17-,23+/m0/s1. The first kappa shape index (κ1) is 17.3. The Bertz CT molecular complexity index is 1130. The van der Waals surface area contributed by atoms with Gasteiger partial charge in [-0.3, -0.25) is 14.5 Å². The summed E-state index contributed by atoms with van der Waals surface area (Å²) in [6, 6.07) is 13.8. The second-order valence-electron chi connectivity index (χ2n) is 8.86. The molecule has 2 heterocycles. The quantitative estimate of drug-likeness (QED) is 0.669. The van der Waals surface area contributed by atoms with Crippen molar-refractivity contribution in [1.82, 2.24) is 4.90 Å². The molecule has 0 unspecified atom stereocenters. The van der Waals surface area contributed by atoms with Gasteiger partial charge in [-0.1, -0.05) is 39.0 Å². The van der Waals surface area contributed by atoms with Crippen LogP contribution in [0.25, 0.3) is 21.9 Å². The summed E-state index contributed by atoms with van der Waals surface area (Å²) in [5, 5.41) is 5.38. The zero-order valence-electron chi connectivity index (χ0n) is 16.4. The van der Waals surface area contributed by atoms with Crippen molar-refractivity contribution in [2.75, 3.05) is 12.0 Å². The molecule has 2 aromatic carbocycles. The van der Waals surface area contributed by atoms with Gasteiger partial charge in [0.1, 0.15) is 11.2 Å². The van der Waals surface area contributed by atoms with Crippen molar-refractivity contribution in [2.24, 2.45) is 16.7 Å². The fourth-order valence-electron chi connectivity index (χ4n) is 5.06. The topological polar surface area (TPSA) is 62.6 Å². The van der Waals surface area contributed by atoms with Gasteiger partial charge in [-0.15, -0.1) is 0 Å². The number of nitrogens with zero attached hydrogens (tertiary/aromatic N) is 1. The maximum absolute atomic E-state index is 13.1. The van der Waals surface area contributed by atoms with Crippen molar-refractivity contribution in [3.63, 3.8) is 0 Å². The molecule has 5 nitrogen and oxygen atoms in total. The lowest BCUT2D eigenvalue weighted by Crippen LogP contribution is -2.59. The molecule has 5 rings (SSSR count). The van der Waals surface area contributed by atoms with Crippen LogP contribution in [-0.4, -0.2) is 23.4 Å². The van der Waals surface area contributed by atoms with Gasteiger partial charge in [0.25, 0.3) is 0 Å². The van der Waals surface area contributed by atoms with Crippen LogP contribution in [0, 0.1) is 16.7 Å². The van der Waals surface area contributed by atoms with Gasteiger partial charge in [0.2, 0.25) is 11.8 Å². The molecule has 1 aliphatic carbocycles. The van der Waals surface area contributed by atoms with Gasteiger partial charge in [0.05, 0.1) is 12.1 Å². The Morgan fingerprint density at radius 2 is 1.82 bits per heavy atom. The highest BCUT2D eigenvalue weighted by Crippen LogP contribution is 2.59. The van der Waals surface area contributed by atoms with Crippen molar-refractivity contribution in [2.45, 2.75) is 33.6 Å². The number of amides is 2. The zero-order chi connectivity index (χ0) is 19.7. The predicted octanol–water partition coefficient (Wildman–Crippen LogP) is 4.77. The smallest absolute Gasteiger partial charge is 0.237 e. The highest BCUT2D eigenvalue weighted by molar-refractivity contribution is 6.06. The van der Waals surface area contributed by atoms with E-state index in [2.05, 4.69) is 19.2 Å². The average molecular weight is 376 g/mol. The summed E-state index contributed by atoms with van der Waals surface area (Å²) in [5.41, 5.74) is 1.70. The molecule has 2 atom stereocenters. The minimum atomic E-state index is -0.476. The summed E-state index contributed by atoms with van der Waals surface area (Å²) in [4.78, 5) is 27.5. The van der Waals surface area contributed by atoms with Crippen LogP contribution in [0.15, 0.2) is 46.9 Å². The van der Waals surface area contributed by atoms with E-state index >= 15 is 0 Å². The summed E-state index contributed by atoms with van der Waals surface area (Å²) >= 11 is 0. The number of piperidine rings is 1. The van der Waals surface area contributed by atoms with E-state index in [0.717, 1.165) is 40.5 Å². The van der Waals surface area contributed by atoms with Crippen molar-refractivity contribution < 1.29 is 14.0 Å². The minimum absolute atomic E-state index is 0.0534. The number of carbonyl (C=O) groups excluding carboxylic acids is 2. The third kappa shape index (κ3) is 2.13. The van der Waals surface area contributed by atoms with Crippen LogP contribution in [0.4, 0.5) is 5.69 Å². The second-order valence-corrected chi connectivity index (χ2v) is 8.86. The first-order valence-electron chi connectivity index (χ1n) is 9.84. The molecule has 2 bridgehead atoms. The number of imide groups is 1. The normalized spacial score (nSPS) is 26.4. The van der Waals surface area contributed by atoms with Gasteiger partial charge in [-0.2, -0.15) is 0 Å². The molecule has 2 aliphatic rings. The summed E-state index contributed by atoms with van der Waals surface area (Å²) in [6.07, 6.45) is 1.56. The van der Waals surface area contributed by atoms with Crippen LogP contribution >= 0.6 is 0 Å². The number of fused-ring (bicyclic) bond motifs is 5. The molecule has 1 aliphatic heterocycles. The Labute approximate surface area is 163 Å². The number of furan rings is 1. The lowest BCUT2D eigenvalue weighted by atomic mass is 9.62. The van der Waals surface area contributed by atoms with Crippen LogP contribution in [0.1, 0.15) is 33.6 Å². The number of para-hydroxylation sites is 1. The molecule has 28 heavy (non-hydrogen) atoms. The number of anilines is 1. The van der Waals surface area contributed by atoms with Crippen molar-refractivity contribution >= 4 is 39.4 Å². The van der Waals surface area contributed by atoms with E-state index < -0.39 is 5.41 Å². The Kier molecular flexibility index (Phi) is 3.46. The maximum Gasteiger partial charge on any atom is 0.237 e. The largest absolute Gasteiger partial charge is 0.456 e. The summed E-state index contributed by atoms with van der Waals surface area (Å²) in [5.74, 6) is -0.203. The van der Waals surface area contributed by atoms with Gasteiger partial charge in [-0.25, -0.2) is 0 Å². The number of nitrogens with one attached hydrogen (secondary N) is 1. The fourth-order valence-corrected chi connectivity index (χ4v) is 5.06. The Morgan fingerprint density at radius 3 is 2.64 bits per heavy atom. The van der Waals surface area contributed by atoms with Gasteiger partial charge in [0, 0.05) is 28.4 Å². The zero-order valence-corrected chi connectivity index (χ0v) is 16.4. The van der Waals surface area contributed by atoms with E-state index in [-0.39, 0.29) is 29.8 Å². The van der Waals surface area contributed by atoms with E-state index in [1.165, 1.54) is 4.90 Å². The molecular formula is C23H24N2O3. The molecule has 1 saturated heterocycles. The van der Waals surface area contributed by atoms with Crippen molar-refractivity contribution in [3.8, 4) is 0 Å². The molecule has 5 heteroatoms. The lowest BCUT2D eigenvalue weighted by molar-refractivity contribution is -0.167. The highest BCUT2D eigenvalue weighted by Gasteiger charge is 2.64. The molecule has 144 valence electrons. The van der Waals surface area contributed by atoms with Crippen LogP contribution in [0.5, 0.6) is 0 Å². The molecule has 1 saturated carbocycles. The monoisotopic (exact) mass is 376 g/mol. The number of likely N-dealkylation sites (tertiary alicyclic amines) is 1. The number of hydrogen-bond donors (Lipinski definition) is 1. The average Bonchev–Trinajstić information content (AvgIpc) is 3.12. The molecule has 1 aromatic heterocycles. The highest BCUT2D eigenvalue weighted by atomic mass is 16.3. The summed E-state index contributed by atoms with van der Waals surface area (Å²) < 4.78 is 5.93. The first-order valence-corrected chi connectivity index (χ1v) is 9.84. The third-order valence-electron chi connectivity index (χ3n) is 7.33. The van der Waals surface area contributed by atoms with Crippen LogP contribution in [0.3, 0.4) is 0 Å². The Balaban J connectivity index is 1.41. The van der Waals surface area contributed by atoms with Gasteiger partial charge in [0.15, 0.2) is 0 Å². The molecule has 1 N–H and O–H groups in total. The summed E-state index contributed by atoms with van der Waals surface area (Å²) in [7, 11) is 0. The first-order chi connectivity index (χ1) is 13.3. The third-order valence-corrected chi connectivity index (χ3v) is 7.33. The number of rotatable bonds is 3. The molecule has 0 radical (unpaired) electrons. The Hall–Kier alpha value is -2.82. The number of carbonyl (C=O) groups is 2. The Morgan fingerprint density at radius 1 is 1.07 bits per heavy atom. The SMILES string of the molecule is CC1(C)[C@H]2CC[C@]1(C)C(=O)N(CNc1ccc3c(c1)oc1ccccc13)C2=O. The predicted molar refractivity (Wildman–Crippen MR) is 109 cm³/mol. The molecule has 0 spiro atoms. The lowest BCUT2D eigenvalue weighted by Gasteiger charge is -2.47. The van der Waals surface area contributed by atoms with E-state index in [0.29, 0.717) is 0 Å². The van der Waals surface area contributed by atoms with Crippen molar-refractivity contribution in [3.05, 3.63) is 42.5 Å². The van der Waals surface area contributed by atoms with E-state index in [1.807, 2.05) is 49.4 Å². The van der Waals surface area contributed by atoms with Crippen LogP contribution < -0.4 is 5.32 Å². The summed E-state index contributed by atoms with van der Waals surface area (Å²) in [6.45, 7) is 6.31. The number of hydrogen-bond acceptors (Lipinski definition) is 4. The van der Waals surface area contributed by atoms with Crippen LogP contribution in [-0.2, 0) is 9.59 Å². The van der Waals surface area contributed by atoms with E-state index in [9.17, 15) is 9.59 Å². The van der Waals surface area contributed by atoms with Crippen molar-refractivity contribution in [1.29, 1.82) is 0 Å². The van der Waals surface area contributed by atoms with Gasteiger partial charge < -0.3 is 9.73 Å². The maximum atomic E-state index is 13.1. The molecular weight excluding hydrogens is 352 g/mol.